The van der Waals surface area contributed by atoms with Crippen LogP contribution in [0.5, 0.6) is 0 Å². The Kier molecular flexibility index (Phi) is 4.84. The molecule has 0 aromatic carbocycles. The fourth-order valence-corrected chi connectivity index (χ4v) is 2.41. The van der Waals surface area contributed by atoms with Gasteiger partial charge >= 0.3 is 6.18 Å². The Balaban J connectivity index is 0.00000176. The van der Waals surface area contributed by atoms with Crippen molar-refractivity contribution in [2.75, 3.05) is 18.5 Å². The van der Waals surface area contributed by atoms with Crippen LogP contribution in [0.15, 0.2) is 24.4 Å². The average molecular weight is 336 g/mol. The highest BCUT2D eigenvalue weighted by Crippen LogP contribution is 2.29. The summed E-state index contributed by atoms with van der Waals surface area (Å²) in [7, 11) is 0. The summed E-state index contributed by atoms with van der Waals surface area (Å²) in [6, 6.07) is 5.15. The third-order valence-corrected chi connectivity index (χ3v) is 3.59. The Morgan fingerprint density at radius 2 is 1.91 bits per heavy atom. The van der Waals surface area contributed by atoms with Crippen molar-refractivity contribution in [1.29, 1.82) is 0 Å². The Labute approximate surface area is 131 Å². The zero-order valence-electron chi connectivity index (χ0n) is 11.7. The highest BCUT2D eigenvalue weighted by molar-refractivity contribution is 5.85. The lowest BCUT2D eigenvalue weighted by Gasteiger charge is -2.31. The summed E-state index contributed by atoms with van der Waals surface area (Å²) in [6.07, 6.45) is -1.71. The zero-order chi connectivity index (χ0) is 15.0. The number of halogens is 4. The molecule has 9 heteroatoms. The molecule has 0 unspecified atom stereocenters. The zero-order valence-corrected chi connectivity index (χ0v) is 12.5. The number of nitrogens with zero attached hydrogens (tertiary/aromatic N) is 3. The number of piperidine rings is 1. The van der Waals surface area contributed by atoms with E-state index in [9.17, 15) is 13.2 Å². The number of rotatable bonds is 2. The second-order valence-electron chi connectivity index (χ2n) is 5.20. The Morgan fingerprint density at radius 1 is 1.23 bits per heavy atom. The van der Waals surface area contributed by atoms with Gasteiger partial charge in [-0.3, -0.25) is 4.40 Å². The largest absolute Gasteiger partial charge is 0.434 e. The van der Waals surface area contributed by atoms with Crippen molar-refractivity contribution in [3.63, 3.8) is 0 Å². The maximum absolute atomic E-state index is 12.7. The SMILES string of the molecule is Cl.NC1CCN(Nc2cccc3nc(C(F)(F)F)cn23)CC1. The van der Waals surface area contributed by atoms with Crippen molar-refractivity contribution < 1.29 is 13.2 Å². The molecule has 0 radical (unpaired) electrons. The molecule has 5 nitrogen and oxygen atoms in total. The molecule has 0 amide bonds. The van der Waals surface area contributed by atoms with Gasteiger partial charge in [-0.15, -0.1) is 12.4 Å². The lowest BCUT2D eigenvalue weighted by atomic mass is 10.1. The van der Waals surface area contributed by atoms with Crippen LogP contribution in [0.4, 0.5) is 19.0 Å². The molecule has 3 heterocycles. The summed E-state index contributed by atoms with van der Waals surface area (Å²) in [6.45, 7) is 1.52. The molecule has 2 aromatic rings. The molecule has 3 N–H and O–H groups in total. The van der Waals surface area contributed by atoms with Gasteiger partial charge in [-0.2, -0.15) is 13.2 Å². The topological polar surface area (TPSA) is 58.6 Å². The van der Waals surface area contributed by atoms with Crippen LogP contribution in [0.25, 0.3) is 5.65 Å². The molecule has 1 saturated heterocycles. The summed E-state index contributed by atoms with van der Waals surface area (Å²) >= 11 is 0. The van der Waals surface area contributed by atoms with Gasteiger partial charge in [-0.25, -0.2) is 9.99 Å². The van der Waals surface area contributed by atoms with Gasteiger partial charge in [0.2, 0.25) is 0 Å². The molecule has 0 saturated carbocycles. The molecule has 0 aliphatic carbocycles. The number of aromatic nitrogens is 2. The standard InChI is InChI=1S/C13H16F3N5.ClH/c14-13(15,16)10-8-21-11(18-10)2-1-3-12(21)19-20-6-4-9(17)5-7-20;/h1-3,8-9,19H,4-7,17H2;1H. The number of nitrogens with one attached hydrogen (secondary N) is 1. The number of hydrazine groups is 1. The number of anilines is 1. The monoisotopic (exact) mass is 335 g/mol. The van der Waals surface area contributed by atoms with E-state index in [-0.39, 0.29) is 24.1 Å². The Hall–Kier alpha value is -1.51. The molecule has 0 atom stereocenters. The molecule has 1 aliphatic rings. The van der Waals surface area contributed by atoms with Crippen molar-refractivity contribution in [2.45, 2.75) is 25.1 Å². The number of alkyl halides is 3. The average Bonchev–Trinajstić information content (AvgIpc) is 2.86. The highest BCUT2D eigenvalue weighted by Gasteiger charge is 2.34. The lowest BCUT2D eigenvalue weighted by molar-refractivity contribution is -0.140. The molecule has 1 aliphatic heterocycles. The van der Waals surface area contributed by atoms with Crippen LogP contribution in [0.2, 0.25) is 0 Å². The fraction of sp³-hybridized carbons (Fsp3) is 0.462. The second kappa shape index (κ2) is 6.31. The Morgan fingerprint density at radius 3 is 2.55 bits per heavy atom. The first kappa shape index (κ1) is 16.9. The van der Waals surface area contributed by atoms with Gasteiger partial charge in [0.15, 0.2) is 5.69 Å². The first-order valence-corrected chi connectivity index (χ1v) is 6.76. The van der Waals surface area contributed by atoms with Gasteiger partial charge in [0.1, 0.15) is 11.5 Å². The van der Waals surface area contributed by atoms with E-state index in [1.807, 2.05) is 5.01 Å². The summed E-state index contributed by atoms with van der Waals surface area (Å²) in [5, 5.41) is 1.96. The quantitative estimate of drug-likeness (QED) is 0.885. The summed E-state index contributed by atoms with van der Waals surface area (Å²) in [5.41, 5.74) is 8.35. The van der Waals surface area contributed by atoms with Crippen LogP contribution in [-0.4, -0.2) is 33.5 Å². The van der Waals surface area contributed by atoms with E-state index in [0.29, 0.717) is 5.82 Å². The molecular formula is C13H17ClF3N5. The lowest BCUT2D eigenvalue weighted by Crippen LogP contribution is -2.42. The van der Waals surface area contributed by atoms with Gasteiger partial charge in [0.25, 0.3) is 0 Å². The van der Waals surface area contributed by atoms with Gasteiger partial charge in [-0.05, 0) is 25.0 Å². The smallest absolute Gasteiger partial charge is 0.328 e. The van der Waals surface area contributed by atoms with Crippen molar-refractivity contribution in [3.8, 4) is 0 Å². The van der Waals surface area contributed by atoms with Gasteiger partial charge in [0, 0.05) is 25.3 Å². The molecular weight excluding hydrogens is 319 g/mol. The van der Waals surface area contributed by atoms with Gasteiger partial charge < -0.3 is 11.2 Å². The summed E-state index contributed by atoms with van der Waals surface area (Å²) in [5.74, 6) is 0.561. The van der Waals surface area contributed by atoms with E-state index in [2.05, 4.69) is 10.4 Å². The van der Waals surface area contributed by atoms with Crippen LogP contribution < -0.4 is 11.2 Å². The normalized spacial score (nSPS) is 17.5. The number of hydrogen-bond donors (Lipinski definition) is 2. The molecule has 1 fully saturated rings. The van der Waals surface area contributed by atoms with E-state index < -0.39 is 11.9 Å². The molecule has 0 spiro atoms. The summed E-state index contributed by atoms with van der Waals surface area (Å²) in [4.78, 5) is 3.61. The molecule has 2 aromatic heterocycles. The van der Waals surface area contributed by atoms with Crippen LogP contribution in [0, 0.1) is 0 Å². The third-order valence-electron chi connectivity index (χ3n) is 3.59. The molecule has 0 bridgehead atoms. The highest BCUT2D eigenvalue weighted by atomic mass is 35.5. The minimum absolute atomic E-state index is 0. The van der Waals surface area contributed by atoms with Crippen molar-refractivity contribution in [2.24, 2.45) is 5.73 Å². The molecule has 3 rings (SSSR count). The summed E-state index contributed by atoms with van der Waals surface area (Å²) < 4.78 is 39.6. The molecule has 122 valence electrons. The number of pyridine rings is 1. The van der Waals surface area contributed by atoms with Crippen LogP contribution in [0.3, 0.4) is 0 Å². The van der Waals surface area contributed by atoms with E-state index >= 15 is 0 Å². The minimum Gasteiger partial charge on any atom is -0.328 e. The van der Waals surface area contributed by atoms with Crippen LogP contribution >= 0.6 is 12.4 Å². The first-order valence-electron chi connectivity index (χ1n) is 6.76. The Bertz CT molecular complexity index is 634. The van der Waals surface area contributed by atoms with E-state index in [1.54, 1.807) is 18.2 Å². The van der Waals surface area contributed by atoms with Crippen molar-refractivity contribution >= 4 is 23.9 Å². The van der Waals surface area contributed by atoms with Crippen LogP contribution in [-0.2, 0) is 6.18 Å². The van der Waals surface area contributed by atoms with Gasteiger partial charge in [0.05, 0.1) is 0 Å². The predicted molar refractivity (Wildman–Crippen MR) is 79.8 cm³/mol. The number of fused-ring (bicyclic) bond motifs is 1. The maximum atomic E-state index is 12.7. The second-order valence-corrected chi connectivity index (χ2v) is 5.20. The number of nitrogens with two attached hydrogens (primary N) is 1. The number of imidazole rings is 1. The van der Waals surface area contributed by atoms with E-state index in [4.69, 9.17) is 5.73 Å². The maximum Gasteiger partial charge on any atom is 0.434 e. The first-order chi connectivity index (χ1) is 9.93. The molecule has 22 heavy (non-hydrogen) atoms. The van der Waals surface area contributed by atoms with Crippen LogP contribution in [0.1, 0.15) is 18.5 Å². The van der Waals surface area contributed by atoms with E-state index in [0.717, 1.165) is 32.1 Å². The number of hydrogen-bond acceptors (Lipinski definition) is 4. The minimum atomic E-state index is -4.44. The van der Waals surface area contributed by atoms with Crippen molar-refractivity contribution in [3.05, 3.63) is 30.1 Å². The van der Waals surface area contributed by atoms with Gasteiger partial charge in [-0.1, -0.05) is 6.07 Å². The van der Waals surface area contributed by atoms with Crippen molar-refractivity contribution in [1.82, 2.24) is 14.4 Å². The third kappa shape index (κ3) is 3.45. The van der Waals surface area contributed by atoms with E-state index in [1.165, 1.54) is 4.40 Å². The fourth-order valence-electron chi connectivity index (χ4n) is 2.41. The predicted octanol–water partition coefficient (Wildman–Crippen LogP) is 2.52.